The lowest BCUT2D eigenvalue weighted by Crippen LogP contribution is -2.30. The van der Waals surface area contributed by atoms with Gasteiger partial charge in [0.15, 0.2) is 5.78 Å². The molecule has 25 heavy (non-hydrogen) atoms. The largest absolute Gasteiger partial charge is 0.317 e. The smallest absolute Gasteiger partial charge is 0.178 e. The van der Waals surface area contributed by atoms with Crippen LogP contribution in [-0.2, 0) is 12.8 Å². The molecular formula is C21H29FN2O. The Morgan fingerprint density at radius 2 is 1.76 bits per heavy atom. The highest BCUT2D eigenvalue weighted by Gasteiger charge is 2.20. The van der Waals surface area contributed by atoms with E-state index in [1.807, 2.05) is 6.07 Å². The number of carbonyl (C=O) groups is 1. The summed E-state index contributed by atoms with van der Waals surface area (Å²) in [6.45, 7) is 10.6. The zero-order chi connectivity index (χ0) is 18.4. The van der Waals surface area contributed by atoms with Gasteiger partial charge in [-0.3, -0.25) is 9.69 Å². The molecule has 0 unspecified atom stereocenters. The van der Waals surface area contributed by atoms with E-state index >= 15 is 0 Å². The third-order valence-electron chi connectivity index (χ3n) is 4.62. The van der Waals surface area contributed by atoms with Crippen LogP contribution in [0.25, 0.3) is 5.69 Å². The number of hydrogen-bond acceptors (Lipinski definition) is 2. The average molecular weight is 344 g/mol. The summed E-state index contributed by atoms with van der Waals surface area (Å²) in [5, 5.41) is 0. The number of rotatable bonds is 9. The van der Waals surface area contributed by atoms with Crippen molar-refractivity contribution in [3.63, 3.8) is 0 Å². The molecule has 1 heterocycles. The molecule has 0 spiro atoms. The average Bonchev–Trinajstić information content (AvgIpc) is 3.00. The standard InChI is InChI=1S/C21H29FN2O/c1-5-13-23(8-4)15-21(25)19-14-17(6-2)24(20(19)7-3)18-11-9-16(22)10-12-18/h9-12,14H,5-8,13,15H2,1-4H3. The van der Waals surface area contributed by atoms with E-state index in [-0.39, 0.29) is 11.6 Å². The van der Waals surface area contributed by atoms with Crippen molar-refractivity contribution in [2.24, 2.45) is 0 Å². The van der Waals surface area contributed by atoms with Gasteiger partial charge in [0.05, 0.1) is 6.54 Å². The number of hydrogen-bond donors (Lipinski definition) is 0. The third-order valence-corrected chi connectivity index (χ3v) is 4.62. The minimum absolute atomic E-state index is 0.169. The SMILES string of the molecule is CCCN(CC)CC(=O)c1cc(CC)n(-c2ccc(F)cc2)c1CC. The quantitative estimate of drug-likeness (QED) is 0.618. The molecule has 0 amide bonds. The van der Waals surface area contributed by atoms with Gasteiger partial charge in [-0.15, -0.1) is 0 Å². The zero-order valence-electron chi connectivity index (χ0n) is 15.8. The second-order valence-electron chi connectivity index (χ2n) is 6.31. The highest BCUT2D eigenvalue weighted by atomic mass is 19.1. The van der Waals surface area contributed by atoms with Crippen LogP contribution in [0.5, 0.6) is 0 Å². The van der Waals surface area contributed by atoms with E-state index in [1.165, 1.54) is 12.1 Å². The monoisotopic (exact) mass is 344 g/mol. The second kappa shape index (κ2) is 8.95. The highest BCUT2D eigenvalue weighted by molar-refractivity contribution is 5.99. The molecule has 2 rings (SSSR count). The first-order valence-corrected chi connectivity index (χ1v) is 9.30. The van der Waals surface area contributed by atoms with Crippen LogP contribution in [-0.4, -0.2) is 34.9 Å². The molecule has 0 aliphatic rings. The second-order valence-corrected chi connectivity index (χ2v) is 6.31. The number of likely N-dealkylation sites (N-methyl/N-ethyl adjacent to an activating group) is 1. The molecule has 0 radical (unpaired) electrons. The highest BCUT2D eigenvalue weighted by Crippen LogP contribution is 2.24. The molecule has 1 aromatic carbocycles. The van der Waals surface area contributed by atoms with E-state index in [2.05, 4.69) is 37.2 Å². The lowest BCUT2D eigenvalue weighted by molar-refractivity contribution is 0.0933. The zero-order valence-corrected chi connectivity index (χ0v) is 15.8. The van der Waals surface area contributed by atoms with Crippen LogP contribution in [0.4, 0.5) is 4.39 Å². The molecule has 1 aromatic heterocycles. The first-order chi connectivity index (χ1) is 12.0. The van der Waals surface area contributed by atoms with Crippen LogP contribution in [0.3, 0.4) is 0 Å². The number of ketones is 1. The number of aromatic nitrogens is 1. The summed E-state index contributed by atoms with van der Waals surface area (Å²) in [7, 11) is 0. The van der Waals surface area contributed by atoms with Gasteiger partial charge in [-0.05, 0) is 62.7 Å². The van der Waals surface area contributed by atoms with Crippen LogP contribution < -0.4 is 0 Å². The van der Waals surface area contributed by atoms with E-state index in [4.69, 9.17) is 0 Å². The van der Waals surface area contributed by atoms with Crippen molar-refractivity contribution in [2.45, 2.75) is 47.0 Å². The number of Topliss-reactive ketones (excluding diaryl/α,β-unsaturated/α-hetero) is 1. The van der Waals surface area contributed by atoms with Crippen LogP contribution in [0, 0.1) is 5.82 Å². The Kier molecular flexibility index (Phi) is 6.94. The first kappa shape index (κ1) is 19.4. The summed E-state index contributed by atoms with van der Waals surface area (Å²) in [6, 6.07) is 8.50. The normalized spacial score (nSPS) is 11.3. The Labute approximate surface area is 150 Å². The van der Waals surface area contributed by atoms with Gasteiger partial charge < -0.3 is 4.57 Å². The first-order valence-electron chi connectivity index (χ1n) is 9.30. The van der Waals surface area contributed by atoms with Crippen molar-refractivity contribution in [3.8, 4) is 5.69 Å². The maximum atomic E-state index is 13.3. The van der Waals surface area contributed by atoms with Gasteiger partial charge in [-0.2, -0.15) is 0 Å². The molecule has 2 aromatic rings. The summed E-state index contributed by atoms with van der Waals surface area (Å²) >= 11 is 0. The molecule has 0 saturated carbocycles. The molecule has 0 bridgehead atoms. The van der Waals surface area contributed by atoms with Gasteiger partial charge in [0.25, 0.3) is 0 Å². The summed E-state index contributed by atoms with van der Waals surface area (Å²) < 4.78 is 15.4. The van der Waals surface area contributed by atoms with E-state index in [0.717, 1.165) is 55.0 Å². The lowest BCUT2D eigenvalue weighted by Gasteiger charge is -2.18. The molecule has 0 N–H and O–H groups in total. The van der Waals surface area contributed by atoms with Gasteiger partial charge in [0.2, 0.25) is 0 Å². The van der Waals surface area contributed by atoms with Gasteiger partial charge in [-0.25, -0.2) is 4.39 Å². The molecule has 0 saturated heterocycles. The molecule has 4 heteroatoms. The maximum absolute atomic E-state index is 13.3. The number of benzene rings is 1. The van der Waals surface area contributed by atoms with Crippen LogP contribution in [0.15, 0.2) is 30.3 Å². The van der Waals surface area contributed by atoms with Gasteiger partial charge >= 0.3 is 0 Å². The Bertz CT molecular complexity index is 703. The topological polar surface area (TPSA) is 25.2 Å². The fraction of sp³-hybridized carbons (Fsp3) is 0.476. The summed E-state index contributed by atoms with van der Waals surface area (Å²) in [5.41, 5.74) is 3.82. The fourth-order valence-corrected chi connectivity index (χ4v) is 3.32. The Morgan fingerprint density at radius 1 is 1.08 bits per heavy atom. The van der Waals surface area contributed by atoms with Crippen LogP contribution in [0.2, 0.25) is 0 Å². The summed E-state index contributed by atoms with van der Waals surface area (Å²) in [4.78, 5) is 15.1. The number of carbonyl (C=O) groups excluding carboxylic acids is 1. The van der Waals surface area contributed by atoms with Crippen molar-refractivity contribution in [3.05, 3.63) is 53.1 Å². The van der Waals surface area contributed by atoms with E-state index in [0.29, 0.717) is 6.54 Å². The van der Waals surface area contributed by atoms with E-state index in [1.54, 1.807) is 12.1 Å². The van der Waals surface area contributed by atoms with Crippen LogP contribution >= 0.6 is 0 Å². The predicted molar refractivity (Wildman–Crippen MR) is 101 cm³/mol. The Hall–Kier alpha value is -1.94. The maximum Gasteiger partial charge on any atom is 0.178 e. The van der Waals surface area contributed by atoms with Crippen molar-refractivity contribution in [2.75, 3.05) is 19.6 Å². The van der Waals surface area contributed by atoms with Crippen molar-refractivity contribution < 1.29 is 9.18 Å². The lowest BCUT2D eigenvalue weighted by atomic mass is 10.1. The Morgan fingerprint density at radius 3 is 2.28 bits per heavy atom. The van der Waals surface area contributed by atoms with Gasteiger partial charge in [-0.1, -0.05) is 27.7 Å². The molecular weight excluding hydrogens is 315 g/mol. The molecule has 0 aliphatic heterocycles. The van der Waals surface area contributed by atoms with Crippen molar-refractivity contribution in [1.82, 2.24) is 9.47 Å². The minimum Gasteiger partial charge on any atom is -0.317 e. The predicted octanol–water partition coefficient (Wildman–Crippen LogP) is 4.66. The molecule has 3 nitrogen and oxygen atoms in total. The fourth-order valence-electron chi connectivity index (χ4n) is 3.32. The van der Waals surface area contributed by atoms with Crippen LogP contribution in [0.1, 0.15) is 55.9 Å². The molecule has 0 fully saturated rings. The molecule has 0 aliphatic carbocycles. The third kappa shape index (κ3) is 4.37. The summed E-state index contributed by atoms with van der Waals surface area (Å²) in [6.07, 6.45) is 2.63. The minimum atomic E-state index is -0.249. The number of aryl methyl sites for hydroxylation is 1. The Balaban J connectivity index is 2.43. The number of halogens is 1. The van der Waals surface area contributed by atoms with Crippen molar-refractivity contribution >= 4 is 5.78 Å². The van der Waals surface area contributed by atoms with Gasteiger partial charge in [0, 0.05) is 22.6 Å². The molecule has 136 valence electrons. The van der Waals surface area contributed by atoms with E-state index in [9.17, 15) is 9.18 Å². The van der Waals surface area contributed by atoms with Gasteiger partial charge in [0.1, 0.15) is 5.82 Å². The number of nitrogens with zero attached hydrogens (tertiary/aromatic N) is 2. The molecule has 0 atom stereocenters. The van der Waals surface area contributed by atoms with E-state index < -0.39 is 0 Å². The summed E-state index contributed by atoms with van der Waals surface area (Å²) in [5.74, 6) is -0.0795. The van der Waals surface area contributed by atoms with Crippen molar-refractivity contribution in [1.29, 1.82) is 0 Å².